The molecule has 1 amide bonds. The molecule has 4 rings (SSSR count). The SMILES string of the molecule is Cn1cnc2cc(C(=O)N3CCCC(OCc4ccccn4)C3)cnc21. The van der Waals surface area contributed by atoms with Gasteiger partial charge in [-0.3, -0.25) is 9.78 Å². The average molecular weight is 351 g/mol. The molecule has 134 valence electrons. The smallest absolute Gasteiger partial charge is 0.255 e. The Labute approximate surface area is 151 Å². The van der Waals surface area contributed by atoms with Crippen LogP contribution in [-0.2, 0) is 18.4 Å². The molecule has 0 aromatic carbocycles. The van der Waals surface area contributed by atoms with E-state index in [1.807, 2.05) is 40.8 Å². The van der Waals surface area contributed by atoms with Gasteiger partial charge in [0.15, 0.2) is 5.65 Å². The number of amides is 1. The minimum Gasteiger partial charge on any atom is -0.370 e. The molecule has 1 aliphatic rings. The second kappa shape index (κ2) is 7.21. The molecule has 1 unspecified atom stereocenters. The maximum atomic E-state index is 12.9. The van der Waals surface area contributed by atoms with E-state index in [0.29, 0.717) is 18.7 Å². The molecule has 7 nitrogen and oxygen atoms in total. The van der Waals surface area contributed by atoms with Gasteiger partial charge in [-0.05, 0) is 31.0 Å². The number of nitrogens with zero attached hydrogens (tertiary/aromatic N) is 5. The Balaban J connectivity index is 1.42. The minimum absolute atomic E-state index is 0.0174. The predicted octanol–water partition coefficient (Wildman–Crippen LogP) is 2.18. The molecule has 3 aromatic rings. The van der Waals surface area contributed by atoms with Gasteiger partial charge in [-0.2, -0.15) is 0 Å². The molecule has 0 saturated carbocycles. The Hall–Kier alpha value is -2.80. The normalized spacial score (nSPS) is 17.6. The molecule has 4 heterocycles. The number of carbonyl (C=O) groups is 1. The fourth-order valence-electron chi connectivity index (χ4n) is 3.26. The highest BCUT2D eigenvalue weighted by atomic mass is 16.5. The van der Waals surface area contributed by atoms with Crippen LogP contribution in [0.15, 0.2) is 43.0 Å². The number of ether oxygens (including phenoxy) is 1. The molecular weight excluding hydrogens is 330 g/mol. The fraction of sp³-hybridized carbons (Fsp3) is 0.368. The van der Waals surface area contributed by atoms with Crippen LogP contribution in [0.5, 0.6) is 0 Å². The summed E-state index contributed by atoms with van der Waals surface area (Å²) >= 11 is 0. The number of likely N-dealkylation sites (tertiary alicyclic amines) is 1. The Morgan fingerprint density at radius 3 is 3.08 bits per heavy atom. The van der Waals surface area contributed by atoms with Crippen LogP contribution in [-0.4, -0.2) is 49.5 Å². The number of aromatic nitrogens is 4. The summed E-state index contributed by atoms with van der Waals surface area (Å²) in [6.07, 6.45) is 7.00. The van der Waals surface area contributed by atoms with E-state index in [0.717, 1.165) is 36.2 Å². The minimum atomic E-state index is -0.0174. The van der Waals surface area contributed by atoms with Crippen molar-refractivity contribution >= 4 is 17.1 Å². The van der Waals surface area contributed by atoms with Crippen molar-refractivity contribution in [2.75, 3.05) is 13.1 Å². The Bertz CT molecular complexity index is 909. The summed E-state index contributed by atoms with van der Waals surface area (Å²) < 4.78 is 7.81. The summed E-state index contributed by atoms with van der Waals surface area (Å²) in [7, 11) is 1.89. The van der Waals surface area contributed by atoms with Crippen molar-refractivity contribution in [2.45, 2.75) is 25.6 Å². The van der Waals surface area contributed by atoms with Crippen molar-refractivity contribution in [3.05, 3.63) is 54.2 Å². The van der Waals surface area contributed by atoms with Crippen molar-refractivity contribution in [2.24, 2.45) is 7.05 Å². The molecule has 1 fully saturated rings. The van der Waals surface area contributed by atoms with Crippen molar-refractivity contribution in [1.82, 2.24) is 24.4 Å². The number of pyridine rings is 2. The average Bonchev–Trinajstić information content (AvgIpc) is 3.07. The third kappa shape index (κ3) is 3.43. The zero-order valence-electron chi connectivity index (χ0n) is 14.7. The van der Waals surface area contributed by atoms with Crippen molar-refractivity contribution in [3.63, 3.8) is 0 Å². The van der Waals surface area contributed by atoms with Gasteiger partial charge in [-0.15, -0.1) is 0 Å². The van der Waals surface area contributed by atoms with Crippen LogP contribution in [0, 0.1) is 0 Å². The second-order valence-corrected chi connectivity index (χ2v) is 6.57. The van der Waals surface area contributed by atoms with E-state index in [4.69, 9.17) is 4.74 Å². The number of aryl methyl sites for hydroxylation is 1. The summed E-state index contributed by atoms with van der Waals surface area (Å²) in [6, 6.07) is 7.59. The second-order valence-electron chi connectivity index (χ2n) is 6.57. The molecule has 3 aromatic heterocycles. The van der Waals surface area contributed by atoms with Gasteiger partial charge in [-0.25, -0.2) is 9.97 Å². The number of hydrogen-bond donors (Lipinski definition) is 0. The third-order valence-corrected chi connectivity index (χ3v) is 4.66. The molecular formula is C19H21N5O2. The first-order valence-electron chi connectivity index (χ1n) is 8.78. The van der Waals surface area contributed by atoms with Gasteiger partial charge in [0.2, 0.25) is 0 Å². The lowest BCUT2D eigenvalue weighted by Crippen LogP contribution is -2.43. The number of rotatable bonds is 4. The van der Waals surface area contributed by atoms with Crippen molar-refractivity contribution in [3.8, 4) is 0 Å². The first-order valence-corrected chi connectivity index (χ1v) is 8.78. The van der Waals surface area contributed by atoms with Crippen LogP contribution in [0.2, 0.25) is 0 Å². The lowest BCUT2D eigenvalue weighted by atomic mass is 10.1. The first kappa shape index (κ1) is 16.7. The highest BCUT2D eigenvalue weighted by Gasteiger charge is 2.25. The molecule has 7 heteroatoms. The molecule has 1 atom stereocenters. The summed E-state index contributed by atoms with van der Waals surface area (Å²) in [5.74, 6) is -0.0174. The number of imidazole rings is 1. The summed E-state index contributed by atoms with van der Waals surface area (Å²) in [4.78, 5) is 27.6. The molecule has 1 saturated heterocycles. The molecule has 0 N–H and O–H groups in total. The maximum absolute atomic E-state index is 12.9. The number of fused-ring (bicyclic) bond motifs is 1. The summed E-state index contributed by atoms with van der Waals surface area (Å²) in [5, 5.41) is 0. The van der Waals surface area contributed by atoms with Gasteiger partial charge in [0.05, 0.1) is 30.3 Å². The monoisotopic (exact) mass is 351 g/mol. The molecule has 0 spiro atoms. The standard InChI is InChI=1S/C19H21N5O2/c1-23-13-22-17-9-14(10-21-18(17)23)19(25)24-8-4-6-16(11-24)26-12-15-5-2-3-7-20-15/h2-3,5,7,9-10,13,16H,4,6,8,11-12H2,1H3. The molecule has 26 heavy (non-hydrogen) atoms. The highest BCUT2D eigenvalue weighted by molar-refractivity contribution is 5.96. The zero-order chi connectivity index (χ0) is 17.9. The first-order chi connectivity index (χ1) is 12.7. The van der Waals surface area contributed by atoms with Gasteiger partial charge in [0.1, 0.15) is 5.52 Å². The predicted molar refractivity (Wildman–Crippen MR) is 96.5 cm³/mol. The van der Waals surface area contributed by atoms with E-state index in [9.17, 15) is 4.79 Å². The number of piperidine rings is 1. The van der Waals surface area contributed by atoms with Crippen LogP contribution in [0.4, 0.5) is 0 Å². The van der Waals surface area contributed by atoms with Crippen molar-refractivity contribution in [1.29, 1.82) is 0 Å². The topological polar surface area (TPSA) is 73.1 Å². The number of hydrogen-bond acceptors (Lipinski definition) is 5. The fourth-order valence-corrected chi connectivity index (χ4v) is 3.26. The van der Waals surface area contributed by atoms with Gasteiger partial charge >= 0.3 is 0 Å². The Morgan fingerprint density at radius 2 is 2.23 bits per heavy atom. The molecule has 0 bridgehead atoms. The maximum Gasteiger partial charge on any atom is 0.255 e. The van der Waals surface area contributed by atoms with E-state index in [1.165, 1.54) is 0 Å². The van der Waals surface area contributed by atoms with Gasteiger partial charge in [0, 0.05) is 32.5 Å². The van der Waals surface area contributed by atoms with Crippen LogP contribution >= 0.6 is 0 Å². The van der Waals surface area contributed by atoms with E-state index in [2.05, 4.69) is 15.0 Å². The van der Waals surface area contributed by atoms with Crippen molar-refractivity contribution < 1.29 is 9.53 Å². The Kier molecular flexibility index (Phi) is 4.62. The quantitative estimate of drug-likeness (QED) is 0.720. The van der Waals surface area contributed by atoms with E-state index in [1.54, 1.807) is 18.7 Å². The lowest BCUT2D eigenvalue weighted by Gasteiger charge is -2.32. The summed E-state index contributed by atoms with van der Waals surface area (Å²) in [6.45, 7) is 1.80. The highest BCUT2D eigenvalue weighted by Crippen LogP contribution is 2.18. The zero-order valence-corrected chi connectivity index (χ0v) is 14.7. The van der Waals surface area contributed by atoms with Crippen LogP contribution in [0.25, 0.3) is 11.2 Å². The molecule has 0 radical (unpaired) electrons. The van der Waals surface area contributed by atoms with Gasteiger partial charge < -0.3 is 14.2 Å². The van der Waals surface area contributed by atoms with E-state index >= 15 is 0 Å². The largest absolute Gasteiger partial charge is 0.370 e. The number of carbonyl (C=O) groups excluding carboxylic acids is 1. The van der Waals surface area contributed by atoms with E-state index < -0.39 is 0 Å². The Morgan fingerprint density at radius 1 is 1.31 bits per heavy atom. The third-order valence-electron chi connectivity index (χ3n) is 4.66. The van der Waals surface area contributed by atoms with Gasteiger partial charge in [0.25, 0.3) is 5.91 Å². The lowest BCUT2D eigenvalue weighted by molar-refractivity contribution is -0.00785. The van der Waals surface area contributed by atoms with Crippen LogP contribution in [0.1, 0.15) is 28.9 Å². The van der Waals surface area contributed by atoms with Gasteiger partial charge in [-0.1, -0.05) is 6.07 Å². The van der Waals surface area contributed by atoms with Crippen LogP contribution in [0.3, 0.4) is 0 Å². The molecule has 1 aliphatic heterocycles. The van der Waals surface area contributed by atoms with Crippen LogP contribution < -0.4 is 0 Å². The summed E-state index contributed by atoms with van der Waals surface area (Å²) in [5.41, 5.74) is 2.98. The molecule has 0 aliphatic carbocycles. The van der Waals surface area contributed by atoms with E-state index in [-0.39, 0.29) is 12.0 Å².